The summed E-state index contributed by atoms with van der Waals surface area (Å²) in [7, 11) is -6.37. The highest BCUT2D eigenvalue weighted by atomic mass is 32.2. The number of allylic oxidation sites excluding steroid dienone is 4. The maximum atomic E-state index is 14.9. The largest absolute Gasteiger partial charge is 0.497 e. The predicted molar refractivity (Wildman–Crippen MR) is 426 cm³/mol. The van der Waals surface area contributed by atoms with Crippen LogP contribution < -0.4 is 28.4 Å². The van der Waals surface area contributed by atoms with Crippen LogP contribution in [-0.4, -0.2) is 181 Å². The Bertz CT molecular complexity index is 4760. The second-order valence-corrected chi connectivity index (χ2v) is 40.6. The molecule has 0 bridgehead atoms. The molecule has 684 valence electrons. The fourth-order valence-corrected chi connectivity index (χ4v) is 20.2. The second kappa shape index (κ2) is 35.4. The van der Waals surface area contributed by atoms with Crippen LogP contribution in [0.3, 0.4) is 0 Å². The predicted octanol–water partition coefficient (Wildman–Crippen LogP) is 15.0. The summed E-state index contributed by atoms with van der Waals surface area (Å²) in [6.07, 6.45) is -3.04. The molecule has 6 heterocycles. The summed E-state index contributed by atoms with van der Waals surface area (Å²) >= 11 is 0. The van der Waals surface area contributed by atoms with Gasteiger partial charge in [0.05, 0.1) is 86.0 Å². The minimum absolute atomic E-state index is 0.0161. The van der Waals surface area contributed by atoms with Crippen LogP contribution in [0.1, 0.15) is 196 Å². The van der Waals surface area contributed by atoms with Crippen molar-refractivity contribution in [3.63, 3.8) is 0 Å². The number of carbonyl (C=O) groups excluding carboxylic acids is 8. The molecule has 0 spiro atoms. The smallest absolute Gasteiger partial charge is 0.418 e. The Hall–Kier alpha value is -8.84. The SMILES string of the molecule is COc1ccc2c(O[C@@H]3C[C@H]4C(=O)C[C@]5(C(=O)NS(=O)(=O)C6(CF)CC6)C[C@H]5/C=C\CC[C@@H](C)C[C@@H](C)[C@H](CC(=O)OC(C)(C)C(C)(F)F)C(=O)N4C3)ncc(C(F)(F)F)c2c1.COc1ccc2c(O[C@@H]3C[C@H]4C(=O)C[C@]5(C(=O)NS(=O)(=O)C6(CF)CC6)C[C@H]5/C=C\CC[C@H](C)C[C@@H](C)[C@H](CC(=O)OC(C)(C)C(C)(F)F)C(=O)N4C3)ncc(C(F)(F)F)c2c1. The van der Waals surface area contributed by atoms with Gasteiger partial charge in [-0.25, -0.2) is 53.1 Å². The van der Waals surface area contributed by atoms with Gasteiger partial charge in [-0.05, 0) is 177 Å². The number of rotatable bonds is 22. The average molecular weight is 1800 g/mol. The van der Waals surface area contributed by atoms with E-state index in [1.165, 1.54) is 60.4 Å². The lowest BCUT2D eigenvalue weighted by molar-refractivity contribution is -0.197. The van der Waals surface area contributed by atoms with Crippen molar-refractivity contribution in [1.29, 1.82) is 0 Å². The number of amides is 4. The number of sulfonamides is 2. The highest BCUT2D eigenvalue weighted by Crippen LogP contribution is 2.60. The van der Waals surface area contributed by atoms with Gasteiger partial charge in [0.1, 0.15) is 46.6 Å². The van der Waals surface area contributed by atoms with Gasteiger partial charge in [0.2, 0.25) is 55.4 Å². The van der Waals surface area contributed by atoms with Crippen molar-refractivity contribution in [1.82, 2.24) is 29.2 Å². The van der Waals surface area contributed by atoms with Crippen molar-refractivity contribution >= 4 is 88.7 Å². The first kappa shape index (κ1) is 95.8. The Labute approximate surface area is 711 Å². The van der Waals surface area contributed by atoms with E-state index in [-0.39, 0.29) is 121 Å². The van der Waals surface area contributed by atoms with Crippen molar-refractivity contribution in [2.75, 3.05) is 40.7 Å². The molecule has 4 saturated carbocycles. The number of nitrogens with zero attached hydrogens (tertiary/aromatic N) is 4. The molecule has 24 nitrogen and oxygen atoms in total. The zero-order chi connectivity index (χ0) is 91.6. The molecule has 124 heavy (non-hydrogen) atoms. The number of hydrogen-bond acceptors (Lipinski definition) is 20. The Morgan fingerprint density at radius 1 is 0.516 bits per heavy atom. The van der Waals surface area contributed by atoms with E-state index in [1.54, 1.807) is 26.0 Å². The van der Waals surface area contributed by atoms with Gasteiger partial charge in [-0.2, -0.15) is 26.3 Å². The van der Waals surface area contributed by atoms with E-state index >= 15 is 0 Å². The van der Waals surface area contributed by atoms with E-state index in [1.807, 2.05) is 35.4 Å². The normalized spacial score (nSPS) is 28.8. The first-order valence-electron chi connectivity index (χ1n) is 41.4. The summed E-state index contributed by atoms with van der Waals surface area (Å²) in [6.45, 7) is 9.60. The number of hydrogen-bond donors (Lipinski definition) is 2. The van der Waals surface area contributed by atoms with Gasteiger partial charge in [0.15, 0.2) is 22.8 Å². The summed E-state index contributed by atoms with van der Waals surface area (Å²) in [5, 5.41) is -0.680. The third kappa shape index (κ3) is 20.2. The highest BCUT2D eigenvalue weighted by Gasteiger charge is 2.66. The number of alkyl halides is 12. The molecule has 2 aromatic carbocycles. The number of methoxy groups -OCH3 is 2. The maximum Gasteiger partial charge on any atom is 0.418 e. The first-order valence-corrected chi connectivity index (χ1v) is 44.4. The summed E-state index contributed by atoms with van der Waals surface area (Å²) in [5.41, 5.74) is -9.77. The molecule has 2 N–H and O–H groups in total. The molecule has 4 amide bonds. The Morgan fingerprint density at radius 2 is 0.863 bits per heavy atom. The van der Waals surface area contributed by atoms with Crippen LogP contribution >= 0.6 is 0 Å². The van der Waals surface area contributed by atoms with Gasteiger partial charge in [-0.15, -0.1) is 0 Å². The molecule has 4 aliphatic heterocycles. The number of halogens is 12. The molecular formula is C86H106F12N6O18S2. The van der Waals surface area contributed by atoms with Crippen LogP contribution in [0, 0.1) is 58.2 Å². The standard InChI is InChI=1S/2C43H53F6N3O9S/c2*1-24-9-7-8-10-26-19-42(26,38(56)51-62(57,58)41(23-44)13-14-41)20-34(53)33-17-28(60-36-29-12-11-27(59-6)16-31(29)32(21-50-36)43(47,48)49)22-52(33)37(55)30(25(2)15-24)18-35(54)61-39(3,4)40(5,45)46/h2*8,10-12,16,21,24-26,28,30,33H,7,9,13-15,17-20,22-23H2,1-6H3,(H,51,56)/b2*10-8-/t24-,25+,26+,28+,30-,33-,42+;24-,25-,26-,28-,30+,33+,42-/m01/s1. The molecular weight excluding hydrogens is 1700 g/mol. The number of benzene rings is 2. The third-order valence-electron chi connectivity index (χ3n) is 26.5. The van der Waals surface area contributed by atoms with Crippen LogP contribution in [0.25, 0.3) is 21.5 Å². The van der Waals surface area contributed by atoms with Crippen LogP contribution in [0.5, 0.6) is 23.3 Å². The average Bonchev–Trinajstić information content (AvgIpc) is 1.56. The van der Waals surface area contributed by atoms with Crippen LogP contribution in [-0.2, 0) is 80.2 Å². The fraction of sp³-hybridized carbons (Fsp3) is 0.651. The van der Waals surface area contributed by atoms with E-state index in [0.717, 1.165) is 27.7 Å². The molecule has 2 saturated heterocycles. The number of pyridine rings is 2. The summed E-state index contributed by atoms with van der Waals surface area (Å²) in [4.78, 5) is 124. The number of nitrogens with one attached hydrogen (secondary N) is 2. The lowest BCUT2D eigenvalue weighted by Gasteiger charge is -2.34. The lowest BCUT2D eigenvalue weighted by Crippen LogP contribution is -2.49. The Kier molecular flexibility index (Phi) is 27.4. The monoisotopic (exact) mass is 1800 g/mol. The molecule has 2 aromatic heterocycles. The molecule has 0 radical (unpaired) electrons. The number of ether oxygens (including phenoxy) is 6. The Balaban J connectivity index is 0.000000241. The molecule has 6 fully saturated rings. The van der Waals surface area contributed by atoms with E-state index in [4.69, 9.17) is 28.4 Å². The molecule has 4 aromatic rings. The number of esters is 2. The molecule has 38 heteroatoms. The number of Topliss-reactive ketones (excluding diaryl/α,β-unsaturated/α-hetero) is 2. The summed E-state index contributed by atoms with van der Waals surface area (Å²) < 4.78 is 257. The van der Waals surface area contributed by atoms with Crippen molar-refractivity contribution in [2.45, 2.75) is 254 Å². The van der Waals surface area contributed by atoms with Crippen molar-refractivity contribution in [3.8, 4) is 23.3 Å². The Morgan fingerprint density at radius 3 is 1.17 bits per heavy atom. The van der Waals surface area contributed by atoms with Gasteiger partial charge >= 0.3 is 24.3 Å². The molecule has 12 rings (SSSR count). The maximum absolute atomic E-state index is 14.9. The van der Waals surface area contributed by atoms with Gasteiger partial charge in [-0.3, -0.25) is 47.8 Å². The second-order valence-electron chi connectivity index (χ2n) is 36.5. The number of fused-ring (bicyclic) bond motifs is 6. The zero-order valence-corrected chi connectivity index (χ0v) is 72.5. The van der Waals surface area contributed by atoms with Gasteiger partial charge < -0.3 is 38.2 Å². The van der Waals surface area contributed by atoms with Crippen LogP contribution in [0.15, 0.2) is 73.1 Å². The fourth-order valence-electron chi connectivity index (χ4n) is 17.3. The quantitative estimate of drug-likeness (QED) is 0.0419. The topological polar surface area (TPSA) is 317 Å². The number of carbonyl (C=O) groups is 8. The van der Waals surface area contributed by atoms with E-state index < -0.39 is 233 Å². The van der Waals surface area contributed by atoms with Gasteiger partial charge in [0.25, 0.3) is 11.8 Å². The highest BCUT2D eigenvalue weighted by molar-refractivity contribution is 7.92. The van der Waals surface area contributed by atoms with Crippen LogP contribution in [0.4, 0.5) is 52.7 Å². The molecule has 8 aliphatic rings. The van der Waals surface area contributed by atoms with Crippen molar-refractivity contribution in [2.24, 2.45) is 58.2 Å². The molecule has 4 aliphatic carbocycles. The van der Waals surface area contributed by atoms with Crippen molar-refractivity contribution in [3.05, 3.63) is 84.2 Å². The van der Waals surface area contributed by atoms with Gasteiger partial charge in [-0.1, -0.05) is 52.0 Å². The summed E-state index contributed by atoms with van der Waals surface area (Å²) in [5.74, 6) is -18.8. The zero-order valence-electron chi connectivity index (χ0n) is 70.9. The number of aromatic nitrogens is 2. The molecule has 0 unspecified atom stereocenters. The first-order chi connectivity index (χ1) is 57.6. The lowest BCUT2D eigenvalue weighted by atomic mass is 9.82. The minimum atomic E-state index is -4.81. The van der Waals surface area contributed by atoms with E-state index in [2.05, 4.69) is 9.97 Å². The minimum Gasteiger partial charge on any atom is -0.497 e. The van der Waals surface area contributed by atoms with Crippen LogP contribution in [0.2, 0.25) is 0 Å². The van der Waals surface area contributed by atoms with Gasteiger partial charge in [0, 0.05) is 73.5 Å². The third-order valence-corrected chi connectivity index (χ3v) is 30.8. The van der Waals surface area contributed by atoms with E-state index in [9.17, 15) is 108 Å². The molecule has 14 atom stereocenters. The van der Waals surface area contributed by atoms with Crippen molar-refractivity contribution < 1.29 is 136 Å². The summed E-state index contributed by atoms with van der Waals surface area (Å²) in [6, 6.07) is 5.11. The van der Waals surface area contributed by atoms with E-state index in [0.29, 0.717) is 64.8 Å². The number of ketones is 2.